The number of alkyl halides is 3. The van der Waals surface area contributed by atoms with Crippen molar-refractivity contribution in [3.63, 3.8) is 0 Å². The summed E-state index contributed by atoms with van der Waals surface area (Å²) in [6.45, 7) is 1.20. The molecule has 0 radical (unpaired) electrons. The molecule has 200 valence electrons. The van der Waals surface area contributed by atoms with Crippen molar-refractivity contribution in [1.29, 1.82) is 0 Å². The molecule has 8 nitrogen and oxygen atoms in total. The molecule has 0 unspecified atom stereocenters. The first kappa shape index (κ1) is 26.0. The Labute approximate surface area is 221 Å². The summed E-state index contributed by atoms with van der Waals surface area (Å²) in [5.41, 5.74) is 1.51. The van der Waals surface area contributed by atoms with Gasteiger partial charge in [0.1, 0.15) is 11.5 Å². The van der Waals surface area contributed by atoms with Crippen molar-refractivity contribution in [3.8, 4) is 11.5 Å². The molecule has 1 aliphatic heterocycles. The van der Waals surface area contributed by atoms with Gasteiger partial charge in [-0.1, -0.05) is 17.3 Å². The van der Waals surface area contributed by atoms with E-state index in [1.165, 1.54) is 12.1 Å². The van der Waals surface area contributed by atoms with E-state index in [2.05, 4.69) is 20.0 Å². The Hall–Kier alpha value is -4.67. The van der Waals surface area contributed by atoms with E-state index in [4.69, 9.17) is 4.74 Å². The molecular formula is C28H23F3N4O4. The van der Waals surface area contributed by atoms with Gasteiger partial charge >= 0.3 is 6.18 Å². The molecule has 0 atom stereocenters. The molecular weight excluding hydrogens is 513 g/mol. The van der Waals surface area contributed by atoms with Crippen LogP contribution in [-0.2, 0) is 6.18 Å². The van der Waals surface area contributed by atoms with Crippen LogP contribution in [0.2, 0.25) is 0 Å². The van der Waals surface area contributed by atoms with Gasteiger partial charge in [-0.25, -0.2) is 0 Å². The third-order valence-electron chi connectivity index (χ3n) is 6.51. The number of aromatic nitrogens is 2. The minimum absolute atomic E-state index is 0.0440. The smallest absolute Gasteiger partial charge is 0.416 e. The normalized spacial score (nSPS) is 14.2. The second kappa shape index (κ2) is 11.0. The Balaban J connectivity index is 1.12. The van der Waals surface area contributed by atoms with Crippen molar-refractivity contribution in [3.05, 3.63) is 102 Å². The number of nitrogens with zero attached hydrogens (tertiary/aromatic N) is 3. The van der Waals surface area contributed by atoms with Crippen LogP contribution in [0.1, 0.15) is 50.9 Å². The maximum atomic E-state index is 13.0. The minimum atomic E-state index is -4.41. The van der Waals surface area contributed by atoms with E-state index in [-0.39, 0.29) is 23.4 Å². The summed E-state index contributed by atoms with van der Waals surface area (Å²) in [6.07, 6.45) is -1.72. The minimum Gasteiger partial charge on any atom is -0.457 e. The van der Waals surface area contributed by atoms with E-state index in [0.717, 1.165) is 36.9 Å². The third kappa shape index (κ3) is 6.25. The Morgan fingerprint density at radius 3 is 2.08 bits per heavy atom. The van der Waals surface area contributed by atoms with Crippen LogP contribution in [-0.4, -0.2) is 39.9 Å². The number of nitrogens with one attached hydrogen (secondary N) is 1. The van der Waals surface area contributed by atoms with Crippen molar-refractivity contribution in [2.75, 3.05) is 18.4 Å². The average Bonchev–Trinajstić information content (AvgIpc) is 3.49. The molecule has 1 fully saturated rings. The van der Waals surface area contributed by atoms with Crippen molar-refractivity contribution in [1.82, 2.24) is 15.0 Å². The molecule has 4 aromatic rings. The predicted molar refractivity (Wildman–Crippen MR) is 135 cm³/mol. The highest BCUT2D eigenvalue weighted by atomic mass is 19.4. The standard InChI is InChI=1S/C28H23F3N4O4/c29-28(30,31)21-5-11-24(12-6-21)39-23-9-3-20(4-10-23)27(37)35-15-13-19(14-16-35)18-1-7-22(8-2-18)33-26(36)25-32-17-38-34-25/h1-12,17,19H,13-16H2,(H,33,36). The van der Waals surface area contributed by atoms with Gasteiger partial charge in [-0.05, 0) is 85.0 Å². The molecule has 1 N–H and O–H groups in total. The zero-order valence-corrected chi connectivity index (χ0v) is 20.5. The lowest BCUT2D eigenvalue weighted by Crippen LogP contribution is -2.37. The van der Waals surface area contributed by atoms with Gasteiger partial charge < -0.3 is 19.5 Å². The Morgan fingerprint density at radius 1 is 0.897 bits per heavy atom. The van der Waals surface area contributed by atoms with Crippen molar-refractivity contribution < 1.29 is 32.0 Å². The number of halogens is 3. The van der Waals surface area contributed by atoms with E-state index < -0.39 is 17.6 Å². The van der Waals surface area contributed by atoms with Gasteiger partial charge in [-0.2, -0.15) is 18.2 Å². The summed E-state index contributed by atoms with van der Waals surface area (Å²) in [5.74, 6) is 0.387. The Morgan fingerprint density at radius 2 is 1.51 bits per heavy atom. The second-order valence-electron chi connectivity index (χ2n) is 9.05. The van der Waals surface area contributed by atoms with Gasteiger partial charge in [0, 0.05) is 24.3 Å². The predicted octanol–water partition coefficient (Wildman–Crippen LogP) is 6.15. The quantitative estimate of drug-likeness (QED) is 0.317. The van der Waals surface area contributed by atoms with Crippen LogP contribution >= 0.6 is 0 Å². The fourth-order valence-corrected chi connectivity index (χ4v) is 4.41. The lowest BCUT2D eigenvalue weighted by molar-refractivity contribution is -0.137. The van der Waals surface area contributed by atoms with Crippen molar-refractivity contribution in [2.45, 2.75) is 24.9 Å². The van der Waals surface area contributed by atoms with Gasteiger partial charge in [0.15, 0.2) is 0 Å². The summed E-state index contributed by atoms with van der Waals surface area (Å²) in [7, 11) is 0. The molecule has 1 aliphatic rings. The first-order valence-electron chi connectivity index (χ1n) is 12.2. The first-order valence-corrected chi connectivity index (χ1v) is 12.2. The number of hydrogen-bond donors (Lipinski definition) is 1. The van der Waals surface area contributed by atoms with Crippen molar-refractivity contribution in [2.24, 2.45) is 0 Å². The van der Waals surface area contributed by atoms with Crippen molar-refractivity contribution >= 4 is 17.5 Å². The highest BCUT2D eigenvalue weighted by Crippen LogP contribution is 2.32. The summed E-state index contributed by atoms with van der Waals surface area (Å²) in [4.78, 5) is 30.6. The molecule has 2 amide bonds. The van der Waals surface area contributed by atoms with Gasteiger partial charge in [0.05, 0.1) is 5.56 Å². The zero-order valence-electron chi connectivity index (χ0n) is 20.5. The fraction of sp³-hybridized carbons (Fsp3) is 0.214. The number of carbonyl (C=O) groups is 2. The molecule has 39 heavy (non-hydrogen) atoms. The summed E-state index contributed by atoms with van der Waals surface area (Å²) in [6, 6.07) is 18.5. The molecule has 0 spiro atoms. The monoisotopic (exact) mass is 536 g/mol. The van der Waals surface area contributed by atoms with Gasteiger partial charge in [0.25, 0.3) is 17.6 Å². The highest BCUT2D eigenvalue weighted by Gasteiger charge is 2.30. The largest absolute Gasteiger partial charge is 0.457 e. The molecule has 0 aliphatic carbocycles. The lowest BCUT2D eigenvalue weighted by atomic mass is 9.89. The van der Waals surface area contributed by atoms with Crippen LogP contribution in [0.4, 0.5) is 18.9 Å². The first-order chi connectivity index (χ1) is 18.8. The molecule has 0 bridgehead atoms. The maximum absolute atomic E-state index is 13.0. The van der Waals surface area contributed by atoms with Gasteiger partial charge in [0.2, 0.25) is 6.39 Å². The molecule has 11 heteroatoms. The highest BCUT2D eigenvalue weighted by molar-refractivity contribution is 6.01. The van der Waals surface area contributed by atoms with E-state index >= 15 is 0 Å². The number of hydrogen-bond acceptors (Lipinski definition) is 6. The molecule has 5 rings (SSSR count). The van der Waals surface area contributed by atoms with E-state index in [1.807, 2.05) is 29.2 Å². The number of rotatable bonds is 6. The SMILES string of the molecule is O=C(Nc1ccc(C2CCN(C(=O)c3ccc(Oc4ccc(C(F)(F)F)cc4)cc3)CC2)cc1)c1ncon1. The number of piperidine rings is 1. The van der Waals surface area contributed by atoms with Crippen LogP contribution in [0.5, 0.6) is 11.5 Å². The number of carbonyl (C=O) groups excluding carboxylic acids is 2. The van der Waals surface area contributed by atoms with Crippen LogP contribution in [0.15, 0.2) is 83.7 Å². The van der Waals surface area contributed by atoms with Gasteiger partial charge in [-0.3, -0.25) is 9.59 Å². The number of likely N-dealkylation sites (tertiary alicyclic amines) is 1. The summed E-state index contributed by atoms with van der Waals surface area (Å²) in [5, 5.41) is 6.22. The molecule has 3 aromatic carbocycles. The van der Waals surface area contributed by atoms with Gasteiger partial charge in [-0.15, -0.1) is 0 Å². The number of amides is 2. The molecule has 1 saturated heterocycles. The van der Waals surface area contributed by atoms with Crippen LogP contribution < -0.4 is 10.1 Å². The second-order valence-corrected chi connectivity index (χ2v) is 9.05. The summed E-state index contributed by atoms with van der Waals surface area (Å²) >= 11 is 0. The topological polar surface area (TPSA) is 97.6 Å². The van der Waals surface area contributed by atoms with E-state index in [0.29, 0.717) is 30.1 Å². The van der Waals surface area contributed by atoms with Crippen LogP contribution in [0.25, 0.3) is 0 Å². The van der Waals surface area contributed by atoms with Crippen LogP contribution in [0.3, 0.4) is 0 Å². The number of benzene rings is 3. The Kier molecular flexibility index (Phi) is 7.31. The Bertz CT molecular complexity index is 1410. The fourth-order valence-electron chi connectivity index (χ4n) is 4.41. The number of anilines is 1. The molecule has 2 heterocycles. The van der Waals surface area contributed by atoms with E-state index in [9.17, 15) is 22.8 Å². The third-order valence-corrected chi connectivity index (χ3v) is 6.51. The average molecular weight is 537 g/mol. The lowest BCUT2D eigenvalue weighted by Gasteiger charge is -2.32. The molecule has 1 aromatic heterocycles. The number of ether oxygens (including phenoxy) is 1. The zero-order chi connectivity index (χ0) is 27.4. The molecule has 0 saturated carbocycles. The summed E-state index contributed by atoms with van der Waals surface area (Å²) < 4.78 is 48.4. The van der Waals surface area contributed by atoms with Crippen LogP contribution in [0, 0.1) is 0 Å². The maximum Gasteiger partial charge on any atom is 0.416 e. The van der Waals surface area contributed by atoms with E-state index in [1.54, 1.807) is 24.3 Å².